The van der Waals surface area contributed by atoms with Gasteiger partial charge in [-0.25, -0.2) is 24.6 Å². The van der Waals surface area contributed by atoms with Gasteiger partial charge in [0.05, 0.1) is 34.0 Å². The van der Waals surface area contributed by atoms with Crippen molar-refractivity contribution in [2.75, 3.05) is 10.7 Å². The fraction of sp³-hybridized carbons (Fsp3) is 0.143. The van der Waals surface area contributed by atoms with E-state index in [9.17, 15) is 4.79 Å². The highest BCUT2D eigenvalue weighted by atomic mass is 35.5. The van der Waals surface area contributed by atoms with E-state index in [0.717, 1.165) is 0 Å². The quantitative estimate of drug-likeness (QED) is 0.360. The Balaban J connectivity index is 1.67. The van der Waals surface area contributed by atoms with Gasteiger partial charge < -0.3 is 10.3 Å². The highest BCUT2D eigenvalue weighted by Crippen LogP contribution is 2.26. The summed E-state index contributed by atoms with van der Waals surface area (Å²) in [6, 6.07) is 8.39. The highest BCUT2D eigenvalue weighted by molar-refractivity contribution is 6.35. The fourth-order valence-electron chi connectivity index (χ4n) is 3.49. The zero-order valence-corrected chi connectivity index (χ0v) is 17.7. The number of hydrogen-bond acceptors (Lipinski definition) is 8. The lowest BCUT2D eigenvalue weighted by atomic mass is 10.1. The minimum atomic E-state index is -0.359. The van der Waals surface area contributed by atoms with Gasteiger partial charge in [0.1, 0.15) is 11.8 Å². The van der Waals surface area contributed by atoms with Crippen LogP contribution in [-0.4, -0.2) is 34.6 Å². The van der Waals surface area contributed by atoms with Gasteiger partial charge in [0.2, 0.25) is 0 Å². The number of hydrogen-bond donors (Lipinski definition) is 3. The summed E-state index contributed by atoms with van der Waals surface area (Å²) in [5, 5.41) is 4.06. The van der Waals surface area contributed by atoms with Crippen LogP contribution >= 0.6 is 11.6 Å². The number of imidazole rings is 1. The SMILES string of the molecule is CC[C@H](Nc1ncnc2nc[nH]c12)c1nc2cccc(Cl)c2c(=O)n1Nc1ccncc1. The third kappa shape index (κ3) is 3.50. The van der Waals surface area contributed by atoms with Gasteiger partial charge in [-0.15, -0.1) is 0 Å². The molecule has 0 saturated carbocycles. The maximum Gasteiger partial charge on any atom is 0.281 e. The van der Waals surface area contributed by atoms with Crippen LogP contribution in [0.4, 0.5) is 11.5 Å². The van der Waals surface area contributed by atoms with E-state index in [-0.39, 0.29) is 11.6 Å². The summed E-state index contributed by atoms with van der Waals surface area (Å²) in [5.41, 5.74) is 5.25. The van der Waals surface area contributed by atoms with Crippen LogP contribution in [0.25, 0.3) is 22.1 Å². The molecular weight excluding hydrogens is 430 g/mol. The van der Waals surface area contributed by atoms with Crippen molar-refractivity contribution in [1.82, 2.24) is 34.6 Å². The Morgan fingerprint density at radius 2 is 2.00 bits per heavy atom. The van der Waals surface area contributed by atoms with Crippen LogP contribution in [0.5, 0.6) is 0 Å². The summed E-state index contributed by atoms with van der Waals surface area (Å²) in [7, 11) is 0. The summed E-state index contributed by atoms with van der Waals surface area (Å²) in [6.07, 6.45) is 6.90. The summed E-state index contributed by atoms with van der Waals surface area (Å²) in [5.74, 6) is 1.05. The summed E-state index contributed by atoms with van der Waals surface area (Å²) in [4.78, 5) is 38.0. The molecule has 0 spiro atoms. The molecule has 11 heteroatoms. The van der Waals surface area contributed by atoms with Crippen molar-refractivity contribution in [3.05, 3.63) is 76.6 Å². The van der Waals surface area contributed by atoms with Crippen molar-refractivity contribution < 1.29 is 0 Å². The van der Waals surface area contributed by atoms with E-state index in [1.807, 2.05) is 6.92 Å². The van der Waals surface area contributed by atoms with Crippen molar-refractivity contribution in [3.63, 3.8) is 0 Å². The van der Waals surface area contributed by atoms with Gasteiger partial charge in [-0.2, -0.15) is 0 Å². The number of pyridine rings is 1. The van der Waals surface area contributed by atoms with Crippen molar-refractivity contribution in [2.24, 2.45) is 0 Å². The number of anilines is 2. The van der Waals surface area contributed by atoms with Gasteiger partial charge >= 0.3 is 0 Å². The van der Waals surface area contributed by atoms with Crippen LogP contribution in [0.3, 0.4) is 0 Å². The molecule has 160 valence electrons. The lowest BCUT2D eigenvalue weighted by molar-refractivity contribution is 0.640. The van der Waals surface area contributed by atoms with E-state index in [1.165, 1.54) is 11.0 Å². The van der Waals surface area contributed by atoms with E-state index in [2.05, 4.69) is 35.7 Å². The first-order valence-electron chi connectivity index (χ1n) is 9.94. The number of halogens is 1. The Kier molecular flexibility index (Phi) is 5.12. The highest BCUT2D eigenvalue weighted by Gasteiger charge is 2.22. The summed E-state index contributed by atoms with van der Waals surface area (Å²) in [6.45, 7) is 1.99. The molecule has 0 saturated heterocycles. The van der Waals surface area contributed by atoms with Gasteiger partial charge in [-0.05, 0) is 30.7 Å². The lowest BCUT2D eigenvalue weighted by Gasteiger charge is -2.23. The minimum absolute atomic E-state index is 0.304. The number of aromatic nitrogens is 7. The number of nitrogens with one attached hydrogen (secondary N) is 3. The zero-order valence-electron chi connectivity index (χ0n) is 17.0. The molecule has 0 amide bonds. The molecule has 10 nitrogen and oxygen atoms in total. The summed E-state index contributed by atoms with van der Waals surface area (Å²) < 4.78 is 1.41. The average Bonchev–Trinajstić information content (AvgIpc) is 3.30. The standard InChI is InChI=1S/C21H18ClN9O/c1-2-14(28-19-17-18(25-10-24-17)26-11-27-19)20-29-15-5-3-4-13(22)16(15)21(32)31(20)30-12-6-8-23-9-7-12/h3-11,14H,2H2,1H3,(H,23,30)(H2,24,25,26,27,28)/t14-/m0/s1. The molecule has 0 bridgehead atoms. The van der Waals surface area contributed by atoms with E-state index < -0.39 is 0 Å². The van der Waals surface area contributed by atoms with E-state index in [1.54, 1.807) is 49.1 Å². The van der Waals surface area contributed by atoms with E-state index in [4.69, 9.17) is 16.6 Å². The number of benzene rings is 1. The molecule has 0 radical (unpaired) electrons. The van der Waals surface area contributed by atoms with Crippen LogP contribution in [0, 0.1) is 0 Å². The minimum Gasteiger partial charge on any atom is -0.358 e. The first-order chi connectivity index (χ1) is 15.7. The molecule has 32 heavy (non-hydrogen) atoms. The van der Waals surface area contributed by atoms with Gasteiger partial charge in [0.15, 0.2) is 17.3 Å². The van der Waals surface area contributed by atoms with Gasteiger partial charge in [-0.1, -0.05) is 24.6 Å². The maximum atomic E-state index is 13.5. The molecule has 0 fully saturated rings. The molecule has 1 atom stereocenters. The lowest BCUT2D eigenvalue weighted by Crippen LogP contribution is -2.34. The van der Waals surface area contributed by atoms with Crippen molar-refractivity contribution in [2.45, 2.75) is 19.4 Å². The maximum absolute atomic E-state index is 13.5. The third-order valence-corrected chi connectivity index (χ3v) is 5.36. The number of aromatic amines is 1. The Morgan fingerprint density at radius 1 is 1.16 bits per heavy atom. The normalized spacial score (nSPS) is 12.2. The second kappa shape index (κ2) is 8.23. The van der Waals surface area contributed by atoms with Crippen molar-refractivity contribution >= 4 is 45.2 Å². The number of fused-ring (bicyclic) bond motifs is 2. The van der Waals surface area contributed by atoms with Crippen LogP contribution in [0.1, 0.15) is 25.2 Å². The third-order valence-electron chi connectivity index (χ3n) is 5.05. The molecule has 1 aromatic carbocycles. The van der Waals surface area contributed by atoms with Crippen LogP contribution < -0.4 is 16.3 Å². The molecule has 0 aliphatic heterocycles. The largest absolute Gasteiger partial charge is 0.358 e. The first-order valence-corrected chi connectivity index (χ1v) is 10.3. The molecule has 4 aromatic heterocycles. The van der Waals surface area contributed by atoms with Crippen molar-refractivity contribution in [1.29, 1.82) is 0 Å². The topological polar surface area (TPSA) is 126 Å². The second-order valence-corrected chi connectivity index (χ2v) is 7.43. The molecule has 3 N–H and O–H groups in total. The molecule has 0 unspecified atom stereocenters. The van der Waals surface area contributed by atoms with Crippen LogP contribution in [0.15, 0.2) is 60.2 Å². The Morgan fingerprint density at radius 3 is 2.81 bits per heavy atom. The second-order valence-electron chi connectivity index (χ2n) is 7.02. The molecular formula is C21H18ClN9O. The van der Waals surface area contributed by atoms with E-state index >= 15 is 0 Å². The van der Waals surface area contributed by atoms with Gasteiger partial charge in [-0.3, -0.25) is 15.2 Å². The van der Waals surface area contributed by atoms with Crippen LogP contribution in [0.2, 0.25) is 5.02 Å². The Bertz CT molecular complexity index is 1470. The number of H-pyrrole nitrogens is 1. The molecule has 5 aromatic rings. The molecule has 0 aliphatic rings. The number of nitrogens with zero attached hydrogens (tertiary/aromatic N) is 6. The smallest absolute Gasteiger partial charge is 0.281 e. The average molecular weight is 448 g/mol. The molecule has 5 rings (SSSR count). The van der Waals surface area contributed by atoms with Crippen LogP contribution in [-0.2, 0) is 0 Å². The Labute approximate surface area is 186 Å². The van der Waals surface area contributed by atoms with Gasteiger partial charge in [0.25, 0.3) is 5.56 Å². The predicted molar refractivity (Wildman–Crippen MR) is 123 cm³/mol. The fourth-order valence-corrected chi connectivity index (χ4v) is 3.74. The van der Waals surface area contributed by atoms with Crippen molar-refractivity contribution in [3.8, 4) is 0 Å². The zero-order chi connectivity index (χ0) is 22.1. The summed E-state index contributed by atoms with van der Waals surface area (Å²) >= 11 is 6.35. The predicted octanol–water partition coefficient (Wildman–Crippen LogP) is 3.55. The van der Waals surface area contributed by atoms with Gasteiger partial charge in [0, 0.05) is 12.4 Å². The monoisotopic (exact) mass is 447 g/mol. The number of rotatable bonds is 6. The van der Waals surface area contributed by atoms with E-state index in [0.29, 0.717) is 50.8 Å². The molecule has 0 aliphatic carbocycles. The first kappa shape index (κ1) is 19.9. The Hall–Kier alpha value is -4.05. The molecule has 4 heterocycles.